The van der Waals surface area contributed by atoms with Crippen molar-refractivity contribution in [1.82, 2.24) is 30.0 Å². The molecule has 33 heavy (non-hydrogen) atoms. The van der Waals surface area contributed by atoms with Gasteiger partial charge in [-0.3, -0.25) is 9.78 Å². The highest BCUT2D eigenvalue weighted by Crippen LogP contribution is 2.33. The van der Waals surface area contributed by atoms with E-state index in [2.05, 4.69) is 20.3 Å². The van der Waals surface area contributed by atoms with Gasteiger partial charge in [-0.15, -0.1) is 0 Å². The Hall–Kier alpha value is -4.01. The molecule has 0 aliphatic carbocycles. The third-order valence-electron chi connectivity index (χ3n) is 5.35. The molecule has 0 aliphatic heterocycles. The van der Waals surface area contributed by atoms with Crippen molar-refractivity contribution in [1.29, 1.82) is 0 Å². The molecule has 9 heteroatoms. The van der Waals surface area contributed by atoms with Crippen molar-refractivity contribution in [2.24, 2.45) is 0 Å². The minimum Gasteiger partial charge on any atom is -0.494 e. The Morgan fingerprint density at radius 2 is 1.91 bits per heavy atom. The van der Waals surface area contributed by atoms with Crippen molar-refractivity contribution >= 4 is 22.8 Å². The molecular weight excluding hydrogens is 418 g/mol. The van der Waals surface area contributed by atoms with Gasteiger partial charge in [0.1, 0.15) is 29.3 Å². The second-order valence-electron chi connectivity index (χ2n) is 8.39. The Labute approximate surface area is 192 Å². The second kappa shape index (κ2) is 8.85. The van der Waals surface area contributed by atoms with Crippen LogP contribution < -0.4 is 15.8 Å². The number of nitrogens with zero attached hydrogens (tertiary/aromatic N) is 5. The normalized spacial score (nSPS) is 11.5. The highest BCUT2D eigenvalue weighted by Gasteiger charge is 2.28. The van der Waals surface area contributed by atoms with Gasteiger partial charge < -0.3 is 15.8 Å². The monoisotopic (exact) mass is 445 g/mol. The molecule has 0 saturated carbocycles. The number of nitrogen functional groups attached to an aromatic ring is 1. The summed E-state index contributed by atoms with van der Waals surface area (Å²) in [6, 6.07) is 11.4. The minimum atomic E-state index is -0.616. The number of aromatic nitrogens is 5. The molecule has 9 nitrogen and oxygen atoms in total. The summed E-state index contributed by atoms with van der Waals surface area (Å²) in [7, 11) is 0. The Bertz CT molecular complexity index is 1300. The maximum absolute atomic E-state index is 12.8. The summed E-state index contributed by atoms with van der Waals surface area (Å²) in [6.45, 7) is 8.67. The number of anilines is 1. The van der Waals surface area contributed by atoms with Crippen LogP contribution in [0.15, 0.2) is 48.9 Å². The first-order valence-electron chi connectivity index (χ1n) is 10.7. The molecule has 0 spiro atoms. The standard InChI is InChI=1S/C24H27N7O2/c1-5-33-17-10-11-26-18(12-17)23(32)27-13-24(3,4)31-22-19(21(25)28-14-29-22)20(30-31)16-8-6-15(2)7-9-16/h6-12,14H,5,13H2,1-4H3,(H,27,32)(H2,25,28,29). The van der Waals surface area contributed by atoms with Crippen LogP contribution >= 0.6 is 0 Å². The number of rotatable bonds is 7. The molecule has 0 radical (unpaired) electrons. The van der Waals surface area contributed by atoms with Crippen molar-refractivity contribution in [2.75, 3.05) is 18.9 Å². The van der Waals surface area contributed by atoms with Gasteiger partial charge in [0.15, 0.2) is 5.65 Å². The summed E-state index contributed by atoms with van der Waals surface area (Å²) >= 11 is 0. The lowest BCUT2D eigenvalue weighted by atomic mass is 10.1. The molecule has 170 valence electrons. The molecule has 0 atom stereocenters. The first kappa shape index (κ1) is 22.2. The van der Waals surface area contributed by atoms with E-state index in [9.17, 15) is 4.79 Å². The fraction of sp³-hybridized carbons (Fsp3) is 0.292. The quantitative estimate of drug-likeness (QED) is 0.447. The van der Waals surface area contributed by atoms with Crippen LogP contribution in [0, 0.1) is 6.92 Å². The third-order valence-corrected chi connectivity index (χ3v) is 5.35. The number of carbonyl (C=O) groups is 1. The zero-order valence-electron chi connectivity index (χ0n) is 19.2. The fourth-order valence-electron chi connectivity index (χ4n) is 3.56. The van der Waals surface area contributed by atoms with Crippen LogP contribution in [0.25, 0.3) is 22.3 Å². The van der Waals surface area contributed by atoms with Crippen molar-refractivity contribution in [3.05, 3.63) is 60.2 Å². The molecular formula is C24H27N7O2. The van der Waals surface area contributed by atoms with Gasteiger partial charge in [-0.2, -0.15) is 5.10 Å². The molecule has 4 aromatic rings. The lowest BCUT2D eigenvalue weighted by Gasteiger charge is -2.26. The largest absolute Gasteiger partial charge is 0.494 e. The highest BCUT2D eigenvalue weighted by molar-refractivity contribution is 5.98. The molecule has 0 aliphatic rings. The van der Waals surface area contributed by atoms with Gasteiger partial charge in [0.2, 0.25) is 0 Å². The Balaban J connectivity index is 1.65. The topological polar surface area (TPSA) is 121 Å². The van der Waals surface area contributed by atoms with Crippen LogP contribution in [-0.2, 0) is 5.54 Å². The van der Waals surface area contributed by atoms with E-state index in [1.807, 2.05) is 52.0 Å². The molecule has 1 amide bonds. The van der Waals surface area contributed by atoms with Crippen molar-refractivity contribution in [3.63, 3.8) is 0 Å². The molecule has 0 saturated heterocycles. The molecule has 0 bridgehead atoms. The van der Waals surface area contributed by atoms with E-state index in [1.165, 1.54) is 6.33 Å². The molecule has 0 fully saturated rings. The van der Waals surface area contributed by atoms with Gasteiger partial charge in [-0.25, -0.2) is 14.6 Å². The summed E-state index contributed by atoms with van der Waals surface area (Å²) in [6.07, 6.45) is 2.98. The average molecular weight is 446 g/mol. The lowest BCUT2D eigenvalue weighted by Crippen LogP contribution is -2.41. The zero-order valence-corrected chi connectivity index (χ0v) is 19.2. The van der Waals surface area contributed by atoms with Crippen molar-refractivity contribution in [3.8, 4) is 17.0 Å². The maximum atomic E-state index is 12.8. The summed E-state index contributed by atoms with van der Waals surface area (Å²) in [5.41, 5.74) is 9.27. The van der Waals surface area contributed by atoms with Crippen molar-refractivity contribution < 1.29 is 9.53 Å². The van der Waals surface area contributed by atoms with Gasteiger partial charge in [-0.05, 0) is 33.8 Å². The Morgan fingerprint density at radius 1 is 1.15 bits per heavy atom. The van der Waals surface area contributed by atoms with E-state index in [0.717, 1.165) is 11.1 Å². The first-order chi connectivity index (χ1) is 15.8. The van der Waals surface area contributed by atoms with E-state index in [0.29, 0.717) is 41.4 Å². The van der Waals surface area contributed by atoms with E-state index < -0.39 is 5.54 Å². The molecule has 3 heterocycles. The number of hydrogen-bond acceptors (Lipinski definition) is 7. The zero-order chi connectivity index (χ0) is 23.6. The molecule has 3 aromatic heterocycles. The first-order valence-corrected chi connectivity index (χ1v) is 10.7. The Morgan fingerprint density at radius 3 is 2.64 bits per heavy atom. The van der Waals surface area contributed by atoms with Gasteiger partial charge in [0, 0.05) is 24.4 Å². The van der Waals surface area contributed by atoms with Crippen LogP contribution in [0.1, 0.15) is 36.8 Å². The number of hydrogen-bond donors (Lipinski definition) is 2. The number of nitrogens with two attached hydrogens (primary N) is 1. The minimum absolute atomic E-state index is 0.286. The number of benzene rings is 1. The number of carbonyl (C=O) groups excluding carboxylic acids is 1. The number of aryl methyl sites for hydroxylation is 1. The lowest BCUT2D eigenvalue weighted by molar-refractivity contribution is 0.0931. The number of pyridine rings is 1. The smallest absolute Gasteiger partial charge is 0.270 e. The number of nitrogens with one attached hydrogen (secondary N) is 1. The molecule has 0 unspecified atom stereocenters. The summed E-state index contributed by atoms with van der Waals surface area (Å²) in [5.74, 6) is 0.664. The summed E-state index contributed by atoms with van der Waals surface area (Å²) in [5, 5.41) is 8.50. The van der Waals surface area contributed by atoms with E-state index in [-0.39, 0.29) is 11.6 Å². The van der Waals surface area contributed by atoms with E-state index in [4.69, 9.17) is 15.6 Å². The second-order valence-corrected chi connectivity index (χ2v) is 8.39. The average Bonchev–Trinajstić information content (AvgIpc) is 3.20. The van der Waals surface area contributed by atoms with Gasteiger partial charge >= 0.3 is 0 Å². The SMILES string of the molecule is CCOc1ccnc(C(=O)NCC(C)(C)n2nc(-c3ccc(C)cc3)c3c(N)ncnc32)c1. The number of amides is 1. The predicted molar refractivity (Wildman–Crippen MR) is 127 cm³/mol. The number of fused-ring (bicyclic) bond motifs is 1. The van der Waals surface area contributed by atoms with Crippen LogP contribution in [0.5, 0.6) is 5.75 Å². The summed E-state index contributed by atoms with van der Waals surface area (Å²) < 4.78 is 7.25. The predicted octanol–water partition coefficient (Wildman–Crippen LogP) is 3.34. The van der Waals surface area contributed by atoms with Crippen LogP contribution in [0.3, 0.4) is 0 Å². The van der Waals surface area contributed by atoms with Crippen LogP contribution in [0.4, 0.5) is 5.82 Å². The highest BCUT2D eigenvalue weighted by atomic mass is 16.5. The van der Waals surface area contributed by atoms with E-state index >= 15 is 0 Å². The third kappa shape index (κ3) is 4.48. The molecule has 3 N–H and O–H groups in total. The van der Waals surface area contributed by atoms with E-state index in [1.54, 1.807) is 23.0 Å². The molecule has 4 rings (SSSR count). The Kier molecular flexibility index (Phi) is 5.95. The molecule has 1 aromatic carbocycles. The van der Waals surface area contributed by atoms with Crippen LogP contribution in [-0.4, -0.2) is 43.8 Å². The number of ether oxygens (including phenoxy) is 1. The fourth-order valence-corrected chi connectivity index (χ4v) is 3.56. The van der Waals surface area contributed by atoms with Crippen LogP contribution in [0.2, 0.25) is 0 Å². The van der Waals surface area contributed by atoms with Crippen molar-refractivity contribution in [2.45, 2.75) is 33.2 Å². The van der Waals surface area contributed by atoms with Gasteiger partial charge in [0.05, 0.1) is 17.5 Å². The van der Waals surface area contributed by atoms with Gasteiger partial charge in [-0.1, -0.05) is 29.8 Å². The van der Waals surface area contributed by atoms with Gasteiger partial charge in [0.25, 0.3) is 5.91 Å². The maximum Gasteiger partial charge on any atom is 0.270 e. The summed E-state index contributed by atoms with van der Waals surface area (Å²) in [4.78, 5) is 25.5.